The monoisotopic (exact) mass is 853 g/mol. The maximum atomic E-state index is 12.8. The molecule has 352 valence electrons. The Morgan fingerprint density at radius 1 is 0.344 bits per heavy atom. The van der Waals surface area contributed by atoms with Gasteiger partial charge in [-0.15, -0.1) is 0 Å². The van der Waals surface area contributed by atoms with Crippen molar-refractivity contribution in [2.45, 2.75) is 258 Å². The summed E-state index contributed by atoms with van der Waals surface area (Å²) in [6.07, 6.45) is 60.5. The molecule has 1 atom stereocenters. The first kappa shape index (κ1) is 58.1. The van der Waals surface area contributed by atoms with Gasteiger partial charge in [0.1, 0.15) is 13.2 Å². The van der Waals surface area contributed by atoms with Crippen LogP contribution in [-0.4, -0.2) is 37.2 Å². The number of allylic oxidation sites excluding steroid dienone is 10. The van der Waals surface area contributed by atoms with Crippen LogP contribution in [0.1, 0.15) is 252 Å². The molecule has 0 aliphatic heterocycles. The van der Waals surface area contributed by atoms with Crippen molar-refractivity contribution in [1.82, 2.24) is 0 Å². The molecule has 0 amide bonds. The highest BCUT2D eigenvalue weighted by molar-refractivity contribution is 5.71. The molecule has 0 spiro atoms. The maximum Gasteiger partial charge on any atom is 0.306 e. The zero-order valence-corrected chi connectivity index (χ0v) is 40.2. The largest absolute Gasteiger partial charge is 0.462 e. The lowest BCUT2D eigenvalue weighted by Gasteiger charge is -2.18. The van der Waals surface area contributed by atoms with E-state index in [1.165, 1.54) is 89.9 Å². The van der Waals surface area contributed by atoms with Gasteiger partial charge in [0, 0.05) is 19.3 Å². The summed E-state index contributed by atoms with van der Waals surface area (Å²) in [4.78, 5) is 38.0. The van der Waals surface area contributed by atoms with Gasteiger partial charge in [0.2, 0.25) is 0 Å². The van der Waals surface area contributed by atoms with E-state index in [0.717, 1.165) is 122 Å². The number of esters is 3. The van der Waals surface area contributed by atoms with E-state index < -0.39 is 6.10 Å². The Labute approximate surface area is 377 Å². The van der Waals surface area contributed by atoms with Crippen LogP contribution in [-0.2, 0) is 28.6 Å². The molecule has 6 nitrogen and oxygen atoms in total. The van der Waals surface area contributed by atoms with Crippen LogP contribution in [0.5, 0.6) is 0 Å². The fourth-order valence-corrected chi connectivity index (χ4v) is 7.12. The predicted octanol–water partition coefficient (Wildman–Crippen LogP) is 16.9. The second kappa shape index (κ2) is 49.8. The first-order valence-electron chi connectivity index (χ1n) is 25.8. The lowest BCUT2D eigenvalue weighted by atomic mass is 10.0. The van der Waals surface area contributed by atoms with Crippen LogP contribution < -0.4 is 0 Å². The van der Waals surface area contributed by atoms with Crippen molar-refractivity contribution in [3.8, 4) is 0 Å². The Hall–Kier alpha value is -2.89. The van der Waals surface area contributed by atoms with Crippen molar-refractivity contribution >= 4 is 17.9 Å². The molecule has 0 N–H and O–H groups in total. The van der Waals surface area contributed by atoms with Crippen LogP contribution in [0.3, 0.4) is 0 Å². The van der Waals surface area contributed by atoms with Gasteiger partial charge in [0.15, 0.2) is 6.10 Å². The molecule has 0 rings (SSSR count). The number of hydrogen-bond donors (Lipinski definition) is 0. The third-order valence-corrected chi connectivity index (χ3v) is 11.0. The Bertz CT molecular complexity index is 1120. The number of carbonyl (C=O) groups excluding carboxylic acids is 3. The second-order valence-corrected chi connectivity index (χ2v) is 17.1. The molecular formula is C55H96O6. The molecule has 0 aliphatic carbocycles. The van der Waals surface area contributed by atoms with Gasteiger partial charge in [-0.2, -0.15) is 0 Å². The van der Waals surface area contributed by atoms with E-state index in [-0.39, 0.29) is 31.1 Å². The van der Waals surface area contributed by atoms with Crippen LogP contribution in [0.25, 0.3) is 0 Å². The Balaban J connectivity index is 4.42. The molecule has 61 heavy (non-hydrogen) atoms. The smallest absolute Gasteiger partial charge is 0.306 e. The minimum absolute atomic E-state index is 0.0838. The van der Waals surface area contributed by atoms with Gasteiger partial charge in [-0.25, -0.2) is 0 Å². The Morgan fingerprint density at radius 3 is 1.05 bits per heavy atom. The number of carbonyl (C=O) groups is 3. The SMILES string of the molecule is CC/C=C/C/C=C/C/C=C/CCCCCCCC(=O)OC[C@@H](COC(=O)CCCCCCCCCCCCCCCC)OC(=O)CCCCCCC/C=C/C/C=C/CCCC. The summed E-state index contributed by atoms with van der Waals surface area (Å²) in [5.74, 6) is -0.910. The molecule has 0 bridgehead atoms. The van der Waals surface area contributed by atoms with Crippen LogP contribution in [0.15, 0.2) is 60.8 Å². The van der Waals surface area contributed by atoms with E-state index in [9.17, 15) is 14.4 Å². The van der Waals surface area contributed by atoms with Gasteiger partial charge >= 0.3 is 17.9 Å². The quantitative estimate of drug-likeness (QED) is 0.0263. The molecule has 0 radical (unpaired) electrons. The highest BCUT2D eigenvalue weighted by Gasteiger charge is 2.19. The number of hydrogen-bond acceptors (Lipinski definition) is 6. The minimum Gasteiger partial charge on any atom is -0.462 e. The van der Waals surface area contributed by atoms with E-state index in [0.29, 0.717) is 19.3 Å². The highest BCUT2D eigenvalue weighted by atomic mass is 16.6. The third kappa shape index (κ3) is 48.0. The number of ether oxygens (including phenoxy) is 3. The highest BCUT2D eigenvalue weighted by Crippen LogP contribution is 2.15. The summed E-state index contributed by atoms with van der Waals surface area (Å²) in [7, 11) is 0. The minimum atomic E-state index is -0.786. The van der Waals surface area contributed by atoms with Crippen molar-refractivity contribution < 1.29 is 28.6 Å². The molecule has 0 aromatic rings. The standard InChI is InChI=1S/C55H96O6/c1-4-7-10-13-16-19-22-25-28-31-33-36-39-42-45-48-54(57)60-51-52(61-55(58)49-46-43-40-37-34-30-27-24-21-18-15-12-9-6-3)50-59-53(56)47-44-41-38-35-32-29-26-23-20-17-14-11-8-5-2/h7,10,15-16,18-19,24-25,27-28,52H,4-6,8-9,11-14,17,20-23,26,29-51H2,1-3H3/b10-7+,18-15+,19-16+,27-24+,28-25+/t52-/m1/s1. The fourth-order valence-electron chi connectivity index (χ4n) is 7.12. The van der Waals surface area contributed by atoms with Crippen molar-refractivity contribution in [2.24, 2.45) is 0 Å². The summed E-state index contributed by atoms with van der Waals surface area (Å²) in [5.41, 5.74) is 0. The average Bonchev–Trinajstić information content (AvgIpc) is 3.26. The Kier molecular flexibility index (Phi) is 47.4. The molecule has 0 aromatic heterocycles. The molecule has 0 heterocycles. The van der Waals surface area contributed by atoms with Gasteiger partial charge in [-0.1, -0.05) is 216 Å². The fraction of sp³-hybridized carbons (Fsp3) is 0.764. The van der Waals surface area contributed by atoms with E-state index in [4.69, 9.17) is 14.2 Å². The summed E-state index contributed by atoms with van der Waals surface area (Å²) in [6.45, 7) is 6.47. The zero-order chi connectivity index (χ0) is 44.4. The molecule has 0 unspecified atom stereocenters. The molecular weight excluding hydrogens is 757 g/mol. The Morgan fingerprint density at radius 2 is 0.656 bits per heavy atom. The molecule has 6 heteroatoms. The molecule has 0 fully saturated rings. The van der Waals surface area contributed by atoms with E-state index in [2.05, 4.69) is 81.5 Å². The molecule has 0 aromatic carbocycles. The lowest BCUT2D eigenvalue weighted by molar-refractivity contribution is -0.167. The van der Waals surface area contributed by atoms with Crippen LogP contribution in [0.2, 0.25) is 0 Å². The number of rotatable bonds is 46. The van der Waals surface area contributed by atoms with Gasteiger partial charge in [0.25, 0.3) is 0 Å². The van der Waals surface area contributed by atoms with Crippen molar-refractivity contribution in [3.63, 3.8) is 0 Å². The maximum absolute atomic E-state index is 12.8. The van der Waals surface area contributed by atoms with Crippen LogP contribution in [0, 0.1) is 0 Å². The second-order valence-electron chi connectivity index (χ2n) is 17.1. The van der Waals surface area contributed by atoms with Crippen LogP contribution in [0.4, 0.5) is 0 Å². The average molecular weight is 853 g/mol. The summed E-state index contributed by atoms with van der Waals surface area (Å²) >= 11 is 0. The van der Waals surface area contributed by atoms with Gasteiger partial charge in [-0.3, -0.25) is 14.4 Å². The first-order chi connectivity index (χ1) is 30.0. The van der Waals surface area contributed by atoms with Crippen molar-refractivity contribution in [3.05, 3.63) is 60.8 Å². The molecule has 0 saturated carbocycles. The lowest BCUT2D eigenvalue weighted by Crippen LogP contribution is -2.30. The summed E-state index contributed by atoms with van der Waals surface area (Å²) in [5, 5.41) is 0. The number of unbranched alkanes of at least 4 members (excludes halogenated alkanes) is 25. The van der Waals surface area contributed by atoms with Crippen molar-refractivity contribution in [1.29, 1.82) is 0 Å². The normalized spacial score (nSPS) is 12.5. The zero-order valence-electron chi connectivity index (χ0n) is 40.2. The van der Waals surface area contributed by atoms with E-state index >= 15 is 0 Å². The van der Waals surface area contributed by atoms with Gasteiger partial charge in [0.05, 0.1) is 0 Å². The summed E-state index contributed by atoms with van der Waals surface area (Å²) < 4.78 is 16.8. The topological polar surface area (TPSA) is 78.9 Å². The third-order valence-electron chi connectivity index (χ3n) is 11.0. The van der Waals surface area contributed by atoms with Crippen molar-refractivity contribution in [2.75, 3.05) is 13.2 Å². The van der Waals surface area contributed by atoms with E-state index in [1.54, 1.807) is 0 Å². The van der Waals surface area contributed by atoms with Gasteiger partial charge < -0.3 is 14.2 Å². The van der Waals surface area contributed by atoms with E-state index in [1.807, 2.05) is 0 Å². The van der Waals surface area contributed by atoms with Crippen LogP contribution >= 0.6 is 0 Å². The summed E-state index contributed by atoms with van der Waals surface area (Å²) in [6, 6.07) is 0. The molecule has 0 aliphatic rings. The molecule has 0 saturated heterocycles. The first-order valence-corrected chi connectivity index (χ1v) is 25.8. The van der Waals surface area contributed by atoms with Gasteiger partial charge in [-0.05, 0) is 77.0 Å². The predicted molar refractivity (Wildman–Crippen MR) is 261 cm³/mol.